The third-order valence-electron chi connectivity index (χ3n) is 3.08. The molecule has 0 aromatic heterocycles. The number of aliphatic carboxylic acids is 1. The molecule has 1 saturated carbocycles. The van der Waals surface area contributed by atoms with E-state index in [1.165, 1.54) is 0 Å². The predicted molar refractivity (Wildman–Crippen MR) is 66.4 cm³/mol. The van der Waals surface area contributed by atoms with Gasteiger partial charge < -0.3 is 20.5 Å². The van der Waals surface area contributed by atoms with Crippen LogP contribution in [0.5, 0.6) is 0 Å². The van der Waals surface area contributed by atoms with Gasteiger partial charge in [0, 0.05) is 18.7 Å². The minimum Gasteiger partial charge on any atom is -0.481 e. The summed E-state index contributed by atoms with van der Waals surface area (Å²) < 4.78 is 5.40. The summed E-state index contributed by atoms with van der Waals surface area (Å²) in [5.41, 5.74) is 0. The van der Waals surface area contributed by atoms with Crippen molar-refractivity contribution in [2.24, 2.45) is 0 Å². The molecule has 1 atom stereocenters. The third kappa shape index (κ3) is 4.91. The van der Waals surface area contributed by atoms with Crippen LogP contribution < -0.4 is 10.6 Å². The van der Waals surface area contributed by atoms with Gasteiger partial charge in [0.05, 0.1) is 12.5 Å². The number of ether oxygens (including phenoxy) is 1. The predicted octanol–water partition coefficient (Wildman–Crippen LogP) is 1.11. The number of carboxylic acids is 1. The second-order valence-corrected chi connectivity index (χ2v) is 4.57. The van der Waals surface area contributed by atoms with E-state index in [2.05, 4.69) is 10.6 Å². The molecule has 0 radical (unpaired) electrons. The van der Waals surface area contributed by atoms with E-state index >= 15 is 0 Å². The van der Waals surface area contributed by atoms with Gasteiger partial charge in [-0.2, -0.15) is 0 Å². The Hall–Kier alpha value is -1.30. The number of hydrogen-bond donors (Lipinski definition) is 3. The lowest BCUT2D eigenvalue weighted by Gasteiger charge is -2.35. The van der Waals surface area contributed by atoms with Crippen LogP contribution in [0.3, 0.4) is 0 Å². The molecule has 0 heterocycles. The summed E-state index contributed by atoms with van der Waals surface area (Å²) in [6.07, 6.45) is 2.47. The van der Waals surface area contributed by atoms with Crippen molar-refractivity contribution in [3.05, 3.63) is 0 Å². The lowest BCUT2D eigenvalue weighted by molar-refractivity contribution is -0.137. The lowest BCUT2D eigenvalue weighted by atomic mass is 9.89. The van der Waals surface area contributed by atoms with E-state index < -0.39 is 5.97 Å². The fourth-order valence-corrected chi connectivity index (χ4v) is 1.98. The van der Waals surface area contributed by atoms with Crippen molar-refractivity contribution in [2.75, 3.05) is 6.61 Å². The van der Waals surface area contributed by atoms with Crippen LogP contribution in [0.15, 0.2) is 0 Å². The van der Waals surface area contributed by atoms with Crippen molar-refractivity contribution in [1.29, 1.82) is 0 Å². The van der Waals surface area contributed by atoms with Crippen LogP contribution in [-0.2, 0) is 9.53 Å². The number of hydrogen-bond acceptors (Lipinski definition) is 3. The van der Waals surface area contributed by atoms with Crippen LogP contribution in [0.4, 0.5) is 4.79 Å². The highest BCUT2D eigenvalue weighted by atomic mass is 16.5. The van der Waals surface area contributed by atoms with E-state index in [1.807, 2.05) is 13.8 Å². The number of carbonyl (C=O) groups excluding carboxylic acids is 1. The summed E-state index contributed by atoms with van der Waals surface area (Å²) in [6.45, 7) is 4.49. The molecular weight excluding hydrogens is 236 g/mol. The molecule has 1 rings (SSSR count). The first-order valence-electron chi connectivity index (χ1n) is 6.45. The molecule has 1 aliphatic rings. The second-order valence-electron chi connectivity index (χ2n) is 4.57. The average molecular weight is 258 g/mol. The van der Waals surface area contributed by atoms with E-state index in [0.29, 0.717) is 13.0 Å². The topological polar surface area (TPSA) is 87.7 Å². The highest BCUT2D eigenvalue weighted by Crippen LogP contribution is 2.22. The van der Waals surface area contributed by atoms with Crippen LogP contribution >= 0.6 is 0 Å². The van der Waals surface area contributed by atoms with Crippen molar-refractivity contribution in [1.82, 2.24) is 10.6 Å². The number of rotatable bonds is 7. The summed E-state index contributed by atoms with van der Waals surface area (Å²) >= 11 is 0. The quantitative estimate of drug-likeness (QED) is 0.638. The van der Waals surface area contributed by atoms with Gasteiger partial charge in [0.15, 0.2) is 0 Å². The van der Waals surface area contributed by atoms with E-state index in [9.17, 15) is 9.59 Å². The van der Waals surface area contributed by atoms with Crippen molar-refractivity contribution in [2.45, 2.75) is 57.7 Å². The van der Waals surface area contributed by atoms with Gasteiger partial charge in [-0.05, 0) is 26.2 Å². The molecule has 104 valence electrons. The van der Waals surface area contributed by atoms with Gasteiger partial charge in [0.25, 0.3) is 0 Å². The molecule has 3 N–H and O–H groups in total. The summed E-state index contributed by atoms with van der Waals surface area (Å²) in [4.78, 5) is 22.2. The fourth-order valence-electron chi connectivity index (χ4n) is 1.98. The molecule has 0 aromatic rings. The standard InChI is InChI=1S/C12H22N2O4/c1-3-8(7-11(15)16)13-12(17)14-9-5-10(6-9)18-4-2/h8-10H,3-7H2,1-2H3,(H,15,16)(H2,13,14,17). The van der Waals surface area contributed by atoms with E-state index in [1.54, 1.807) is 0 Å². The monoisotopic (exact) mass is 258 g/mol. The molecule has 2 amide bonds. The summed E-state index contributed by atoms with van der Waals surface area (Å²) in [5, 5.41) is 14.2. The van der Waals surface area contributed by atoms with Gasteiger partial charge in [-0.3, -0.25) is 4.79 Å². The Morgan fingerprint density at radius 1 is 1.39 bits per heavy atom. The maximum absolute atomic E-state index is 11.6. The van der Waals surface area contributed by atoms with Gasteiger partial charge in [0.1, 0.15) is 0 Å². The largest absolute Gasteiger partial charge is 0.481 e. The Balaban J connectivity index is 2.19. The molecule has 0 bridgehead atoms. The molecule has 6 heteroatoms. The highest BCUT2D eigenvalue weighted by Gasteiger charge is 2.30. The Labute approximate surface area is 107 Å². The Kier molecular flexibility index (Phi) is 5.91. The summed E-state index contributed by atoms with van der Waals surface area (Å²) in [7, 11) is 0. The average Bonchev–Trinajstić information content (AvgIpc) is 2.24. The molecule has 1 unspecified atom stereocenters. The number of nitrogens with one attached hydrogen (secondary N) is 2. The smallest absolute Gasteiger partial charge is 0.315 e. The first-order chi connectivity index (χ1) is 8.55. The molecule has 0 saturated heterocycles. The second kappa shape index (κ2) is 7.20. The number of carbonyl (C=O) groups is 2. The van der Waals surface area contributed by atoms with Crippen molar-refractivity contribution in [3.63, 3.8) is 0 Å². The number of urea groups is 1. The molecule has 1 aliphatic carbocycles. The Bertz CT molecular complexity index is 290. The van der Waals surface area contributed by atoms with Crippen molar-refractivity contribution >= 4 is 12.0 Å². The van der Waals surface area contributed by atoms with Crippen LogP contribution in [0.2, 0.25) is 0 Å². The zero-order valence-electron chi connectivity index (χ0n) is 10.9. The van der Waals surface area contributed by atoms with Crippen molar-refractivity contribution in [3.8, 4) is 0 Å². The first kappa shape index (κ1) is 14.8. The molecule has 0 aliphatic heterocycles. The van der Waals surface area contributed by atoms with E-state index in [4.69, 9.17) is 9.84 Å². The van der Waals surface area contributed by atoms with E-state index in [0.717, 1.165) is 12.8 Å². The summed E-state index contributed by atoms with van der Waals surface area (Å²) in [6, 6.07) is -0.461. The zero-order valence-corrected chi connectivity index (χ0v) is 10.9. The lowest BCUT2D eigenvalue weighted by Crippen LogP contribution is -2.52. The number of carboxylic acid groups (broad SMARTS) is 1. The molecule has 0 spiro atoms. The van der Waals surface area contributed by atoms with Crippen LogP contribution in [0.1, 0.15) is 39.5 Å². The molecule has 6 nitrogen and oxygen atoms in total. The van der Waals surface area contributed by atoms with Crippen LogP contribution in [0.25, 0.3) is 0 Å². The Morgan fingerprint density at radius 2 is 2.06 bits per heavy atom. The fraction of sp³-hybridized carbons (Fsp3) is 0.833. The minimum atomic E-state index is -0.901. The summed E-state index contributed by atoms with van der Waals surface area (Å²) in [5.74, 6) is -0.901. The van der Waals surface area contributed by atoms with Gasteiger partial charge in [0.2, 0.25) is 0 Å². The third-order valence-corrected chi connectivity index (χ3v) is 3.08. The van der Waals surface area contributed by atoms with Crippen LogP contribution in [-0.4, -0.2) is 41.9 Å². The van der Waals surface area contributed by atoms with Gasteiger partial charge in [-0.25, -0.2) is 4.79 Å². The zero-order chi connectivity index (χ0) is 13.5. The molecular formula is C12H22N2O4. The molecule has 0 aromatic carbocycles. The maximum atomic E-state index is 11.6. The van der Waals surface area contributed by atoms with Crippen LogP contribution in [0, 0.1) is 0 Å². The van der Waals surface area contributed by atoms with E-state index in [-0.39, 0.29) is 30.6 Å². The van der Waals surface area contributed by atoms with Crippen molar-refractivity contribution < 1.29 is 19.4 Å². The van der Waals surface area contributed by atoms with Gasteiger partial charge in [-0.1, -0.05) is 6.92 Å². The number of amides is 2. The van der Waals surface area contributed by atoms with Gasteiger partial charge >= 0.3 is 12.0 Å². The normalized spacial score (nSPS) is 23.9. The Morgan fingerprint density at radius 3 is 2.56 bits per heavy atom. The molecule has 1 fully saturated rings. The first-order valence-corrected chi connectivity index (χ1v) is 6.45. The maximum Gasteiger partial charge on any atom is 0.315 e. The highest BCUT2D eigenvalue weighted by molar-refractivity contribution is 5.76. The minimum absolute atomic E-state index is 0.0455. The SMILES string of the molecule is CCOC1CC(NC(=O)NC(CC)CC(=O)O)C1. The molecule has 18 heavy (non-hydrogen) atoms. The van der Waals surface area contributed by atoms with Gasteiger partial charge in [-0.15, -0.1) is 0 Å².